The Morgan fingerprint density at radius 3 is 2.20 bits per heavy atom. The van der Waals surface area contributed by atoms with Gasteiger partial charge in [-0.15, -0.1) is 11.3 Å². The molecule has 8 heteroatoms. The van der Waals surface area contributed by atoms with Crippen molar-refractivity contribution in [2.45, 2.75) is 10.6 Å². The number of nitrogens with one attached hydrogen (secondary N) is 1. The number of aromatic nitrogens is 1. The van der Waals surface area contributed by atoms with Crippen LogP contribution in [0.1, 0.15) is 11.1 Å². The fraction of sp³-hybridized carbons (Fsp3) is 0.111. The molecule has 35 heavy (non-hydrogen) atoms. The minimum atomic E-state index is -1.16. The van der Waals surface area contributed by atoms with Crippen molar-refractivity contribution in [3.63, 3.8) is 0 Å². The first-order valence-corrected chi connectivity index (χ1v) is 12.9. The number of carbonyl (C=O) groups is 1. The van der Waals surface area contributed by atoms with Gasteiger partial charge in [0.1, 0.15) is 11.5 Å². The average molecular weight is 505 g/mol. The monoisotopic (exact) mass is 504 g/mol. The van der Waals surface area contributed by atoms with Crippen LogP contribution < -0.4 is 14.8 Å². The van der Waals surface area contributed by atoms with Gasteiger partial charge in [0.2, 0.25) is 5.91 Å². The number of amides is 1. The highest BCUT2D eigenvalue weighted by Gasteiger charge is 2.08. The highest BCUT2D eigenvalue weighted by atomic mass is 32.2. The number of carbonyl (C=O) groups excluding carboxylic acids is 1. The van der Waals surface area contributed by atoms with Gasteiger partial charge in [-0.25, -0.2) is 4.98 Å². The molecule has 1 unspecified atom stereocenters. The summed E-state index contributed by atoms with van der Waals surface area (Å²) in [5.74, 6) is 1.70. The van der Waals surface area contributed by atoms with Crippen LogP contribution in [0.2, 0.25) is 0 Å². The van der Waals surface area contributed by atoms with Gasteiger partial charge in [-0.05, 0) is 65.7 Å². The normalized spacial score (nSPS) is 11.8. The zero-order chi connectivity index (χ0) is 24.6. The molecule has 0 spiro atoms. The molecule has 0 bridgehead atoms. The fourth-order valence-corrected chi connectivity index (χ4v) is 5.06. The number of methoxy groups -OCH3 is 2. The van der Waals surface area contributed by atoms with E-state index in [4.69, 9.17) is 9.47 Å². The van der Waals surface area contributed by atoms with E-state index in [-0.39, 0.29) is 5.91 Å². The summed E-state index contributed by atoms with van der Waals surface area (Å²) in [4.78, 5) is 17.5. The predicted molar refractivity (Wildman–Crippen MR) is 141 cm³/mol. The van der Waals surface area contributed by atoms with Crippen LogP contribution in [0.15, 0.2) is 89.1 Å². The molecular weight excluding hydrogens is 480 g/mol. The van der Waals surface area contributed by atoms with Crippen molar-refractivity contribution in [2.75, 3.05) is 19.5 Å². The van der Waals surface area contributed by atoms with Crippen LogP contribution in [0, 0.1) is 0 Å². The first kappa shape index (κ1) is 24.4. The lowest BCUT2D eigenvalue weighted by molar-refractivity contribution is -0.111. The third-order valence-electron chi connectivity index (χ3n) is 5.15. The maximum Gasteiger partial charge on any atom is 0.250 e. The molecule has 0 aliphatic carbocycles. The van der Waals surface area contributed by atoms with Crippen molar-refractivity contribution in [1.82, 2.24) is 4.98 Å². The van der Waals surface area contributed by atoms with Gasteiger partial charge in [-0.1, -0.05) is 24.3 Å². The first-order chi connectivity index (χ1) is 17.0. The van der Waals surface area contributed by atoms with Gasteiger partial charge < -0.3 is 9.47 Å². The number of rotatable bonds is 9. The molecule has 0 fully saturated rings. The molecule has 0 saturated carbocycles. The minimum Gasteiger partial charge on any atom is -0.497 e. The summed E-state index contributed by atoms with van der Waals surface area (Å²) in [5, 5.41) is 5.21. The van der Waals surface area contributed by atoms with Crippen LogP contribution in [0.3, 0.4) is 0 Å². The molecule has 1 N–H and O–H groups in total. The molecule has 1 atom stereocenters. The summed E-state index contributed by atoms with van der Waals surface area (Å²) in [6, 6.07) is 22.5. The second-order valence-electron chi connectivity index (χ2n) is 7.50. The Kier molecular flexibility index (Phi) is 8.07. The minimum absolute atomic E-state index is 0.271. The van der Waals surface area contributed by atoms with E-state index in [2.05, 4.69) is 10.3 Å². The predicted octanol–water partition coefficient (Wildman–Crippen LogP) is 5.79. The molecule has 178 valence electrons. The van der Waals surface area contributed by atoms with Crippen molar-refractivity contribution in [1.29, 1.82) is 0 Å². The number of nitrogens with zero attached hydrogens (tertiary/aromatic N) is 1. The largest absolute Gasteiger partial charge is 0.497 e. The van der Waals surface area contributed by atoms with Gasteiger partial charge in [-0.2, -0.15) is 0 Å². The average Bonchev–Trinajstić information content (AvgIpc) is 3.36. The third kappa shape index (κ3) is 6.65. The van der Waals surface area contributed by atoms with Crippen LogP contribution in [-0.2, 0) is 21.3 Å². The SMILES string of the molecule is COc1ccc(CS(=O)c2ccc(/C=C/C(=O)Nc3nc(-c4ccc(OC)cc4)cs3)cc2)cc1. The fourth-order valence-electron chi connectivity index (χ4n) is 3.23. The second-order valence-corrected chi connectivity index (χ2v) is 9.81. The zero-order valence-electron chi connectivity index (χ0n) is 19.3. The van der Waals surface area contributed by atoms with Crippen molar-refractivity contribution < 1.29 is 18.5 Å². The Hall–Kier alpha value is -3.75. The maximum atomic E-state index is 12.7. The van der Waals surface area contributed by atoms with Crippen molar-refractivity contribution in [3.05, 3.63) is 95.4 Å². The van der Waals surface area contributed by atoms with Crippen LogP contribution in [0.5, 0.6) is 11.5 Å². The van der Waals surface area contributed by atoms with Gasteiger partial charge in [0.25, 0.3) is 0 Å². The number of thiazole rings is 1. The van der Waals surface area contributed by atoms with Crippen molar-refractivity contribution in [2.24, 2.45) is 0 Å². The number of benzene rings is 3. The molecule has 1 aromatic heterocycles. The number of ether oxygens (including phenoxy) is 2. The summed E-state index contributed by atoms with van der Waals surface area (Å²) in [6.07, 6.45) is 3.17. The Morgan fingerprint density at radius 2 is 1.57 bits per heavy atom. The number of hydrogen-bond donors (Lipinski definition) is 1. The summed E-state index contributed by atoms with van der Waals surface area (Å²) < 4.78 is 23.0. The number of hydrogen-bond acceptors (Lipinski definition) is 6. The zero-order valence-corrected chi connectivity index (χ0v) is 20.9. The maximum absolute atomic E-state index is 12.7. The van der Waals surface area contributed by atoms with Crippen LogP contribution in [-0.4, -0.2) is 29.3 Å². The molecule has 0 radical (unpaired) electrons. The highest BCUT2D eigenvalue weighted by Crippen LogP contribution is 2.26. The highest BCUT2D eigenvalue weighted by molar-refractivity contribution is 7.84. The van der Waals surface area contributed by atoms with Crippen LogP contribution >= 0.6 is 11.3 Å². The third-order valence-corrected chi connectivity index (χ3v) is 7.30. The summed E-state index contributed by atoms with van der Waals surface area (Å²) >= 11 is 1.36. The molecule has 0 aliphatic heterocycles. The molecule has 1 amide bonds. The van der Waals surface area contributed by atoms with E-state index in [1.165, 1.54) is 17.4 Å². The molecule has 3 aromatic carbocycles. The Labute approximate surface area is 210 Å². The van der Waals surface area contributed by atoms with Crippen LogP contribution in [0.4, 0.5) is 5.13 Å². The summed E-state index contributed by atoms with van der Waals surface area (Å²) in [7, 11) is 2.08. The van der Waals surface area contributed by atoms with E-state index in [0.29, 0.717) is 10.9 Å². The van der Waals surface area contributed by atoms with E-state index < -0.39 is 10.8 Å². The van der Waals surface area contributed by atoms with Gasteiger partial charge in [-0.3, -0.25) is 14.3 Å². The first-order valence-electron chi connectivity index (χ1n) is 10.7. The molecule has 1 heterocycles. The second kappa shape index (κ2) is 11.6. The van der Waals surface area contributed by atoms with E-state index >= 15 is 0 Å². The Balaban J connectivity index is 1.32. The lowest BCUT2D eigenvalue weighted by Gasteiger charge is -2.05. The topological polar surface area (TPSA) is 77.5 Å². The standard InChI is InChI=1S/C27H24N2O4S2/c1-32-22-10-3-20(4-11-22)18-35(31)24-14-5-19(6-15-24)7-16-26(30)29-27-28-25(17-34-27)21-8-12-23(33-2)13-9-21/h3-17H,18H2,1-2H3,(H,28,29,30)/b16-7+. The molecule has 6 nitrogen and oxygen atoms in total. The Morgan fingerprint density at radius 1 is 0.943 bits per heavy atom. The quantitative estimate of drug-likeness (QED) is 0.292. The van der Waals surface area contributed by atoms with Crippen molar-refractivity contribution in [3.8, 4) is 22.8 Å². The van der Waals surface area contributed by atoms with Gasteiger partial charge >= 0.3 is 0 Å². The lowest BCUT2D eigenvalue weighted by atomic mass is 10.2. The summed E-state index contributed by atoms with van der Waals surface area (Å²) in [6.45, 7) is 0. The smallest absolute Gasteiger partial charge is 0.250 e. The van der Waals surface area contributed by atoms with Crippen LogP contribution in [0.25, 0.3) is 17.3 Å². The molecule has 4 aromatic rings. The summed E-state index contributed by atoms with van der Waals surface area (Å²) in [5.41, 5.74) is 3.54. The van der Waals surface area contributed by atoms with Gasteiger partial charge in [0, 0.05) is 21.9 Å². The van der Waals surface area contributed by atoms with E-state index in [9.17, 15) is 9.00 Å². The van der Waals surface area contributed by atoms with Gasteiger partial charge in [0.15, 0.2) is 5.13 Å². The van der Waals surface area contributed by atoms with Gasteiger partial charge in [0.05, 0.1) is 36.5 Å². The lowest BCUT2D eigenvalue weighted by Crippen LogP contribution is -2.07. The Bertz CT molecular complexity index is 1330. The van der Waals surface area contributed by atoms with Crippen molar-refractivity contribution >= 4 is 39.3 Å². The molecule has 4 rings (SSSR count). The molecule has 0 aliphatic rings. The number of anilines is 1. The molecular formula is C27H24N2O4S2. The van der Waals surface area contributed by atoms with E-state index in [0.717, 1.165) is 38.8 Å². The van der Waals surface area contributed by atoms with E-state index in [1.807, 2.05) is 78.2 Å². The van der Waals surface area contributed by atoms with E-state index in [1.54, 1.807) is 20.3 Å². The molecule has 0 saturated heterocycles.